The van der Waals surface area contributed by atoms with Crippen LogP contribution >= 0.6 is 0 Å². The second kappa shape index (κ2) is 13.4. The van der Waals surface area contributed by atoms with E-state index in [1.54, 1.807) is 40.4 Å². The number of carbonyl (C=O) groups excluding carboxylic acids is 1. The molecule has 3 aromatic carbocycles. The fourth-order valence-corrected chi connectivity index (χ4v) is 4.88. The van der Waals surface area contributed by atoms with Crippen LogP contribution < -0.4 is 10.2 Å². The van der Waals surface area contributed by atoms with Gasteiger partial charge in [0.15, 0.2) is 0 Å². The Hall–Kier alpha value is -3.60. The SMILES string of the molecule is CCCN(Cc1nc2c(ccc3cc4c(cc32)OCc2cc([B]OC(C)(C)C(C)(C)O)ccc2-4)[nH]1)C(=O)OC(C)(C)C.COC. The number of amides is 1. The minimum Gasteiger partial charge on any atom is -0.488 e. The van der Waals surface area contributed by atoms with Crippen molar-refractivity contribution >= 4 is 40.8 Å². The van der Waals surface area contributed by atoms with Gasteiger partial charge in [0.25, 0.3) is 0 Å². The van der Waals surface area contributed by atoms with Gasteiger partial charge in [0.1, 0.15) is 23.8 Å². The Morgan fingerprint density at radius 1 is 1.04 bits per heavy atom. The number of H-pyrrole nitrogens is 1. The Morgan fingerprint density at radius 3 is 2.40 bits per heavy atom. The second-order valence-electron chi connectivity index (χ2n) is 13.5. The van der Waals surface area contributed by atoms with Crippen LogP contribution in [0, 0.1) is 0 Å². The summed E-state index contributed by atoms with van der Waals surface area (Å²) in [5.41, 5.74) is 3.58. The monoisotopic (exact) mass is 616 g/mol. The average molecular weight is 617 g/mol. The molecule has 5 rings (SSSR count). The quantitative estimate of drug-likeness (QED) is 0.218. The largest absolute Gasteiger partial charge is 0.488 e. The van der Waals surface area contributed by atoms with E-state index >= 15 is 0 Å². The molecule has 0 atom stereocenters. The van der Waals surface area contributed by atoms with Crippen molar-refractivity contribution in [1.29, 1.82) is 0 Å². The van der Waals surface area contributed by atoms with Gasteiger partial charge in [-0.25, -0.2) is 9.78 Å². The van der Waals surface area contributed by atoms with E-state index in [1.165, 1.54) is 0 Å². The van der Waals surface area contributed by atoms with Crippen molar-refractivity contribution < 1.29 is 28.8 Å². The highest BCUT2D eigenvalue weighted by Crippen LogP contribution is 2.41. The number of nitrogens with zero attached hydrogens (tertiary/aromatic N) is 2. The summed E-state index contributed by atoms with van der Waals surface area (Å²) in [4.78, 5) is 22.8. The predicted molar refractivity (Wildman–Crippen MR) is 180 cm³/mol. The molecule has 0 fully saturated rings. The Kier molecular flexibility index (Phi) is 10.2. The summed E-state index contributed by atoms with van der Waals surface area (Å²) in [6.45, 7) is 16.2. The van der Waals surface area contributed by atoms with Crippen LogP contribution in [0.25, 0.3) is 32.9 Å². The number of aromatic amines is 1. The van der Waals surface area contributed by atoms with Crippen molar-refractivity contribution in [1.82, 2.24) is 14.9 Å². The molecule has 1 radical (unpaired) electrons. The van der Waals surface area contributed by atoms with Crippen LogP contribution in [0.1, 0.15) is 73.2 Å². The summed E-state index contributed by atoms with van der Waals surface area (Å²) >= 11 is 0. The zero-order valence-electron chi connectivity index (χ0n) is 28.3. The van der Waals surface area contributed by atoms with Gasteiger partial charge in [-0.05, 0) is 89.6 Å². The Labute approximate surface area is 267 Å². The lowest BCUT2D eigenvalue weighted by Crippen LogP contribution is -2.49. The maximum Gasteiger partial charge on any atom is 0.410 e. The van der Waals surface area contributed by atoms with Gasteiger partial charge in [-0.3, -0.25) is 0 Å². The van der Waals surface area contributed by atoms with E-state index in [2.05, 4.69) is 40.1 Å². The minimum absolute atomic E-state index is 0.337. The van der Waals surface area contributed by atoms with E-state index in [1.807, 2.05) is 53.7 Å². The van der Waals surface area contributed by atoms with Gasteiger partial charge in [0.05, 0.1) is 28.8 Å². The molecule has 0 unspecified atom stereocenters. The molecule has 1 aliphatic rings. The minimum atomic E-state index is -0.992. The summed E-state index contributed by atoms with van der Waals surface area (Å²) in [5.74, 6) is 1.52. The number of hydrogen-bond donors (Lipinski definition) is 2. The zero-order chi connectivity index (χ0) is 33.2. The molecule has 9 nitrogen and oxygen atoms in total. The van der Waals surface area contributed by atoms with Gasteiger partial charge in [-0.15, -0.1) is 0 Å². The third-order valence-corrected chi connectivity index (χ3v) is 7.87. The highest BCUT2D eigenvalue weighted by molar-refractivity contribution is 6.47. The van der Waals surface area contributed by atoms with Crippen LogP contribution in [0.4, 0.5) is 4.79 Å². The summed E-state index contributed by atoms with van der Waals surface area (Å²) in [6, 6.07) is 14.5. The number of aromatic nitrogens is 2. The van der Waals surface area contributed by atoms with Crippen molar-refractivity contribution in [3.05, 3.63) is 53.9 Å². The molecule has 1 amide bonds. The van der Waals surface area contributed by atoms with E-state index in [9.17, 15) is 9.90 Å². The van der Waals surface area contributed by atoms with Crippen molar-refractivity contribution in [3.63, 3.8) is 0 Å². The molecule has 45 heavy (non-hydrogen) atoms. The molecule has 4 aromatic rings. The predicted octanol–water partition coefficient (Wildman–Crippen LogP) is 6.50. The zero-order valence-corrected chi connectivity index (χ0v) is 28.3. The molecule has 0 saturated heterocycles. The number of imidazole rings is 1. The molecule has 2 N–H and O–H groups in total. The van der Waals surface area contributed by atoms with Crippen LogP contribution in [-0.4, -0.2) is 71.1 Å². The molecule has 0 spiro atoms. The van der Waals surface area contributed by atoms with E-state index in [4.69, 9.17) is 19.1 Å². The lowest BCUT2D eigenvalue weighted by molar-refractivity contribution is -0.0893. The Balaban J connectivity index is 0.00000148. The highest BCUT2D eigenvalue weighted by Gasteiger charge is 2.36. The van der Waals surface area contributed by atoms with Crippen molar-refractivity contribution in [2.75, 3.05) is 20.8 Å². The van der Waals surface area contributed by atoms with Gasteiger partial charge in [-0.1, -0.05) is 36.7 Å². The number of rotatable bonds is 8. The van der Waals surface area contributed by atoms with Gasteiger partial charge in [-0.2, -0.15) is 0 Å². The molecule has 241 valence electrons. The van der Waals surface area contributed by atoms with Crippen molar-refractivity contribution in [2.45, 2.75) is 91.8 Å². The summed E-state index contributed by atoms with van der Waals surface area (Å²) in [6.07, 6.45) is 0.475. The number of ether oxygens (including phenoxy) is 3. The lowest BCUT2D eigenvalue weighted by Gasteiger charge is -2.37. The molecular formula is C35H47BN3O6. The van der Waals surface area contributed by atoms with Gasteiger partial charge in [0.2, 0.25) is 0 Å². The standard InChI is InChI=1S/C33H41BN3O5.C2H6O/c1-9-14-37(30(38)41-31(2,3)4)18-28-35-26-13-10-20-16-25-23-12-11-22(34-42-33(7,8)32(5,6)39)15-21(23)19-40-27(25)17-24(20)29(26)36-28;1-3-2/h10-13,15-17,39H,9,14,18-19H2,1-8H3,(H,35,36);1-2H3. The van der Waals surface area contributed by atoms with Gasteiger partial charge < -0.3 is 33.9 Å². The van der Waals surface area contributed by atoms with Crippen LogP contribution in [0.15, 0.2) is 42.5 Å². The highest BCUT2D eigenvalue weighted by atomic mass is 16.6. The fraction of sp³-hybridized carbons (Fsp3) is 0.486. The molecule has 0 bridgehead atoms. The summed E-state index contributed by atoms with van der Waals surface area (Å²) < 4.78 is 22.1. The Morgan fingerprint density at radius 2 is 1.76 bits per heavy atom. The smallest absolute Gasteiger partial charge is 0.410 e. The number of aliphatic hydroxyl groups is 1. The summed E-state index contributed by atoms with van der Waals surface area (Å²) in [5, 5.41) is 12.4. The number of nitrogens with one attached hydrogen (secondary N) is 1. The first kappa shape index (κ1) is 34.3. The second-order valence-corrected chi connectivity index (χ2v) is 13.5. The number of fused-ring (bicyclic) bond motifs is 6. The van der Waals surface area contributed by atoms with Crippen LogP contribution in [0.2, 0.25) is 0 Å². The third kappa shape index (κ3) is 7.98. The van der Waals surface area contributed by atoms with E-state index in [-0.39, 0.29) is 6.09 Å². The number of carbonyl (C=O) groups is 1. The topological polar surface area (TPSA) is 106 Å². The molecule has 1 aromatic heterocycles. The molecule has 0 aliphatic carbocycles. The van der Waals surface area contributed by atoms with Crippen molar-refractivity contribution in [2.24, 2.45) is 0 Å². The molecule has 1 aliphatic heterocycles. The lowest BCUT2D eigenvalue weighted by atomic mass is 9.80. The maximum absolute atomic E-state index is 12.8. The van der Waals surface area contributed by atoms with Gasteiger partial charge >= 0.3 is 13.6 Å². The molecule has 2 heterocycles. The normalized spacial score (nSPS) is 13.0. The van der Waals surface area contributed by atoms with Crippen LogP contribution in [-0.2, 0) is 27.3 Å². The number of hydrogen-bond acceptors (Lipinski definition) is 7. The number of benzene rings is 3. The van der Waals surface area contributed by atoms with E-state index in [0.717, 1.165) is 56.1 Å². The maximum atomic E-state index is 12.8. The average Bonchev–Trinajstić information content (AvgIpc) is 3.37. The summed E-state index contributed by atoms with van der Waals surface area (Å²) in [7, 11) is 4.95. The van der Waals surface area contributed by atoms with Crippen molar-refractivity contribution in [3.8, 4) is 16.9 Å². The third-order valence-electron chi connectivity index (χ3n) is 7.87. The van der Waals surface area contributed by atoms with Gasteiger partial charge in [0, 0.05) is 31.7 Å². The van der Waals surface area contributed by atoms with E-state index in [0.29, 0.717) is 25.5 Å². The molecular weight excluding hydrogens is 569 g/mol. The number of methoxy groups -OCH3 is 1. The fourth-order valence-electron chi connectivity index (χ4n) is 4.88. The first-order valence-electron chi connectivity index (χ1n) is 15.4. The Bertz CT molecular complexity index is 1650. The molecule has 10 heteroatoms. The molecule has 0 saturated carbocycles. The van der Waals surface area contributed by atoms with Crippen LogP contribution in [0.5, 0.6) is 5.75 Å². The first-order chi connectivity index (χ1) is 21.1. The first-order valence-corrected chi connectivity index (χ1v) is 15.4. The van der Waals surface area contributed by atoms with Crippen LogP contribution in [0.3, 0.4) is 0 Å². The van der Waals surface area contributed by atoms with E-state index < -0.39 is 16.8 Å².